The molecule has 0 aromatic heterocycles. The van der Waals surface area contributed by atoms with Crippen LogP contribution in [0.15, 0.2) is 0 Å². The van der Waals surface area contributed by atoms with Gasteiger partial charge in [0.05, 0.1) is 0 Å². The molecule has 0 saturated carbocycles. The van der Waals surface area contributed by atoms with Gasteiger partial charge in [-0.1, -0.05) is 6.92 Å². The molecule has 1 N–H and O–H groups in total. The molecule has 2 unspecified atom stereocenters. The van der Waals surface area contributed by atoms with Crippen molar-refractivity contribution in [1.82, 2.24) is 10.2 Å². The Balaban J connectivity index is 1.75. The lowest BCUT2D eigenvalue weighted by atomic mass is 10.00. The summed E-state index contributed by atoms with van der Waals surface area (Å²) in [6, 6.07) is 0.699. The van der Waals surface area contributed by atoms with Gasteiger partial charge in [-0.3, -0.25) is 0 Å². The highest BCUT2D eigenvalue weighted by molar-refractivity contribution is 4.86. The smallest absolute Gasteiger partial charge is 0.0469 e. The summed E-state index contributed by atoms with van der Waals surface area (Å²) in [4.78, 5) is 2.63. The Kier molecular flexibility index (Phi) is 4.00. The van der Waals surface area contributed by atoms with Crippen molar-refractivity contribution in [1.29, 1.82) is 0 Å². The Morgan fingerprint density at radius 1 is 1.27 bits per heavy atom. The van der Waals surface area contributed by atoms with Gasteiger partial charge in [0.2, 0.25) is 0 Å². The van der Waals surface area contributed by atoms with E-state index in [4.69, 9.17) is 4.74 Å². The summed E-state index contributed by atoms with van der Waals surface area (Å²) in [5.74, 6) is 1.68. The Morgan fingerprint density at radius 2 is 2.00 bits per heavy atom. The van der Waals surface area contributed by atoms with Gasteiger partial charge in [-0.2, -0.15) is 0 Å². The van der Waals surface area contributed by atoms with Crippen molar-refractivity contribution >= 4 is 0 Å². The first-order chi connectivity index (χ1) is 7.29. The highest BCUT2D eigenvalue weighted by atomic mass is 16.5. The summed E-state index contributed by atoms with van der Waals surface area (Å²) in [7, 11) is 2.08. The highest BCUT2D eigenvalue weighted by Crippen LogP contribution is 2.21. The van der Waals surface area contributed by atoms with E-state index in [1.807, 2.05) is 0 Å². The molecule has 2 atom stereocenters. The lowest BCUT2D eigenvalue weighted by Gasteiger charge is -2.26. The maximum absolute atomic E-state index is 5.40. The first-order valence-corrected chi connectivity index (χ1v) is 6.27. The van der Waals surface area contributed by atoms with Crippen LogP contribution in [0.25, 0.3) is 0 Å². The number of likely N-dealkylation sites (N-methyl/N-ethyl adjacent to an activating group) is 1. The number of hydrogen-bond acceptors (Lipinski definition) is 3. The zero-order chi connectivity index (χ0) is 10.7. The number of nitrogens with one attached hydrogen (secondary N) is 1. The van der Waals surface area contributed by atoms with Crippen LogP contribution in [0.4, 0.5) is 0 Å². The second kappa shape index (κ2) is 5.28. The fourth-order valence-electron chi connectivity index (χ4n) is 2.89. The van der Waals surface area contributed by atoms with Crippen LogP contribution in [0, 0.1) is 11.8 Å². The van der Waals surface area contributed by atoms with Gasteiger partial charge in [-0.15, -0.1) is 0 Å². The third-order valence-electron chi connectivity index (χ3n) is 3.92. The molecule has 0 spiro atoms. The van der Waals surface area contributed by atoms with Crippen molar-refractivity contribution in [3.63, 3.8) is 0 Å². The summed E-state index contributed by atoms with van der Waals surface area (Å²) in [5, 5.41) is 3.41. The van der Waals surface area contributed by atoms with Gasteiger partial charge in [0.1, 0.15) is 0 Å². The number of likely N-dealkylation sites (tertiary alicyclic amines) is 1. The summed E-state index contributed by atoms with van der Waals surface area (Å²) in [6.45, 7) is 8.09. The molecule has 2 saturated heterocycles. The van der Waals surface area contributed by atoms with E-state index in [1.54, 1.807) is 0 Å². The van der Waals surface area contributed by atoms with Crippen LogP contribution in [0.3, 0.4) is 0 Å². The first kappa shape index (κ1) is 11.4. The average Bonchev–Trinajstić information content (AvgIpc) is 2.60. The molecule has 2 fully saturated rings. The zero-order valence-electron chi connectivity index (χ0n) is 10.0. The Hall–Kier alpha value is -0.120. The predicted molar refractivity (Wildman–Crippen MR) is 62.0 cm³/mol. The third kappa shape index (κ3) is 2.92. The summed E-state index contributed by atoms with van der Waals surface area (Å²) < 4.78 is 5.40. The zero-order valence-corrected chi connectivity index (χ0v) is 10.0. The van der Waals surface area contributed by atoms with Crippen molar-refractivity contribution in [3.05, 3.63) is 0 Å². The summed E-state index contributed by atoms with van der Waals surface area (Å²) in [6.07, 6.45) is 2.52. The van der Waals surface area contributed by atoms with Crippen molar-refractivity contribution in [2.24, 2.45) is 11.8 Å². The van der Waals surface area contributed by atoms with E-state index in [9.17, 15) is 0 Å². The molecule has 0 radical (unpaired) electrons. The molecule has 15 heavy (non-hydrogen) atoms. The van der Waals surface area contributed by atoms with Crippen LogP contribution in [-0.4, -0.2) is 50.8 Å². The van der Waals surface area contributed by atoms with Gasteiger partial charge in [0, 0.05) is 38.9 Å². The van der Waals surface area contributed by atoms with E-state index in [0.717, 1.165) is 25.0 Å². The van der Waals surface area contributed by atoms with Gasteiger partial charge < -0.3 is 15.0 Å². The Labute approximate surface area is 93.2 Å². The topological polar surface area (TPSA) is 24.5 Å². The maximum Gasteiger partial charge on any atom is 0.0469 e. The number of ether oxygens (including phenoxy) is 1. The van der Waals surface area contributed by atoms with Crippen molar-refractivity contribution in [3.8, 4) is 0 Å². The van der Waals surface area contributed by atoms with E-state index in [2.05, 4.69) is 24.2 Å². The van der Waals surface area contributed by atoms with Crippen LogP contribution in [0.1, 0.15) is 19.8 Å². The van der Waals surface area contributed by atoms with E-state index in [0.29, 0.717) is 6.04 Å². The molecule has 3 heteroatoms. The standard InChI is InChI=1S/C12H24N2O/c1-10-7-14(9-12(10)13-2)8-11-3-5-15-6-4-11/h10-13H,3-9H2,1-2H3. The monoisotopic (exact) mass is 212 g/mol. The molecule has 0 aliphatic carbocycles. The molecule has 2 aliphatic rings. The van der Waals surface area contributed by atoms with Crippen molar-refractivity contribution in [2.45, 2.75) is 25.8 Å². The number of rotatable bonds is 3. The van der Waals surface area contributed by atoms with Crippen molar-refractivity contribution < 1.29 is 4.74 Å². The largest absolute Gasteiger partial charge is 0.381 e. The molecular formula is C12H24N2O. The fourth-order valence-corrected chi connectivity index (χ4v) is 2.89. The van der Waals surface area contributed by atoms with Gasteiger partial charge in [-0.25, -0.2) is 0 Å². The molecular weight excluding hydrogens is 188 g/mol. The fraction of sp³-hybridized carbons (Fsp3) is 1.00. The molecule has 0 aromatic carbocycles. The summed E-state index contributed by atoms with van der Waals surface area (Å²) >= 11 is 0. The Bertz CT molecular complexity index is 192. The molecule has 2 aliphatic heterocycles. The van der Waals surface area contributed by atoms with Gasteiger partial charge in [-0.05, 0) is 31.7 Å². The van der Waals surface area contributed by atoms with E-state index in [-0.39, 0.29) is 0 Å². The first-order valence-electron chi connectivity index (χ1n) is 6.27. The summed E-state index contributed by atoms with van der Waals surface area (Å²) in [5.41, 5.74) is 0. The SMILES string of the molecule is CNC1CN(CC2CCOCC2)CC1C. The van der Waals surface area contributed by atoms with Gasteiger partial charge >= 0.3 is 0 Å². The normalized spacial score (nSPS) is 34.8. The second-order valence-corrected chi connectivity index (χ2v) is 5.15. The molecule has 3 nitrogen and oxygen atoms in total. The van der Waals surface area contributed by atoms with Crippen LogP contribution in [0.5, 0.6) is 0 Å². The molecule has 0 amide bonds. The van der Waals surface area contributed by atoms with Crippen LogP contribution in [0.2, 0.25) is 0 Å². The van der Waals surface area contributed by atoms with Crippen LogP contribution >= 0.6 is 0 Å². The lowest BCUT2D eigenvalue weighted by molar-refractivity contribution is 0.0550. The minimum atomic E-state index is 0.699. The van der Waals surface area contributed by atoms with E-state index < -0.39 is 0 Å². The van der Waals surface area contributed by atoms with Gasteiger partial charge in [0.15, 0.2) is 0 Å². The maximum atomic E-state index is 5.40. The average molecular weight is 212 g/mol. The highest BCUT2D eigenvalue weighted by Gasteiger charge is 2.29. The minimum absolute atomic E-state index is 0.699. The number of nitrogens with zero attached hydrogens (tertiary/aromatic N) is 1. The minimum Gasteiger partial charge on any atom is -0.381 e. The second-order valence-electron chi connectivity index (χ2n) is 5.15. The van der Waals surface area contributed by atoms with Crippen molar-refractivity contribution in [2.75, 3.05) is 39.9 Å². The van der Waals surface area contributed by atoms with Crippen LogP contribution < -0.4 is 5.32 Å². The molecule has 2 rings (SSSR count). The molecule has 0 aromatic rings. The van der Waals surface area contributed by atoms with Crippen LogP contribution in [-0.2, 0) is 4.74 Å². The van der Waals surface area contributed by atoms with Gasteiger partial charge in [0.25, 0.3) is 0 Å². The quantitative estimate of drug-likeness (QED) is 0.754. The predicted octanol–water partition coefficient (Wildman–Crippen LogP) is 0.953. The number of hydrogen-bond donors (Lipinski definition) is 1. The lowest BCUT2D eigenvalue weighted by Crippen LogP contribution is -2.34. The molecule has 0 bridgehead atoms. The molecule has 88 valence electrons. The third-order valence-corrected chi connectivity index (χ3v) is 3.92. The van der Waals surface area contributed by atoms with E-state index >= 15 is 0 Å². The molecule has 2 heterocycles. The Morgan fingerprint density at radius 3 is 2.60 bits per heavy atom. The van der Waals surface area contributed by atoms with E-state index in [1.165, 1.54) is 32.5 Å².